The summed E-state index contributed by atoms with van der Waals surface area (Å²) in [6.45, 7) is 6.51. The largest absolute Gasteiger partial charge is 0.495 e. The number of carboxylic acid groups (broad SMARTS) is 1. The fraction of sp³-hybridized carbons (Fsp3) is 0.433. The van der Waals surface area contributed by atoms with Gasteiger partial charge >= 0.3 is 19.3 Å². The van der Waals surface area contributed by atoms with Gasteiger partial charge in [-0.15, -0.1) is 0 Å². The lowest BCUT2D eigenvalue weighted by Crippen LogP contribution is -2.53. The molecule has 2 saturated heterocycles. The summed E-state index contributed by atoms with van der Waals surface area (Å²) in [5.41, 5.74) is -1.29. The van der Waals surface area contributed by atoms with Gasteiger partial charge in [0.05, 0.1) is 29.9 Å². The predicted molar refractivity (Wildman–Crippen MR) is 154 cm³/mol. The zero-order chi connectivity index (χ0) is 32.9. The van der Waals surface area contributed by atoms with Crippen LogP contribution in [0.2, 0.25) is 0 Å². The number of carbonyl (C=O) groups excluding carboxylic acids is 1. The molecule has 2 aliphatic heterocycles. The van der Waals surface area contributed by atoms with Crippen molar-refractivity contribution >= 4 is 41.0 Å². The molecule has 0 aliphatic carbocycles. The van der Waals surface area contributed by atoms with Crippen LogP contribution in [0.3, 0.4) is 0 Å². The van der Waals surface area contributed by atoms with Crippen LogP contribution in [-0.4, -0.2) is 78.3 Å². The van der Waals surface area contributed by atoms with Crippen LogP contribution in [-0.2, 0) is 25.3 Å². The quantitative estimate of drug-likeness (QED) is 0.296. The Kier molecular flexibility index (Phi) is 8.57. The molecular formula is C30H31BF5N3O6. The van der Waals surface area contributed by atoms with E-state index in [1.165, 1.54) is 6.20 Å². The molecule has 2 aromatic carbocycles. The van der Waals surface area contributed by atoms with E-state index < -0.39 is 77.9 Å². The van der Waals surface area contributed by atoms with Crippen LogP contribution < -0.4 is 15.7 Å². The number of alkyl halides is 3. The second kappa shape index (κ2) is 11.8. The van der Waals surface area contributed by atoms with E-state index in [0.717, 1.165) is 4.90 Å². The molecule has 1 aromatic heterocycles. The Balaban J connectivity index is 1.39. The maximum absolute atomic E-state index is 15.1. The third-order valence-corrected chi connectivity index (χ3v) is 8.51. The van der Waals surface area contributed by atoms with Crippen molar-refractivity contribution in [3.05, 3.63) is 65.4 Å². The third kappa shape index (κ3) is 6.33. The Morgan fingerprint density at radius 2 is 1.76 bits per heavy atom. The van der Waals surface area contributed by atoms with Gasteiger partial charge in [0.1, 0.15) is 29.3 Å². The fourth-order valence-corrected chi connectivity index (χ4v) is 5.37. The molecule has 0 spiro atoms. The Hall–Kier alpha value is -3.82. The topological polar surface area (TPSA) is 110 Å². The van der Waals surface area contributed by atoms with Gasteiger partial charge in [-0.3, -0.25) is 9.78 Å². The van der Waals surface area contributed by atoms with Gasteiger partial charge in [-0.05, 0) is 56.9 Å². The number of carbonyl (C=O) groups is 2. The molecule has 15 heteroatoms. The van der Waals surface area contributed by atoms with E-state index in [-0.39, 0.29) is 19.6 Å². The Morgan fingerprint density at radius 1 is 1.11 bits per heavy atom. The number of hydrogen-bond acceptors (Lipinski definition) is 7. The molecule has 45 heavy (non-hydrogen) atoms. The van der Waals surface area contributed by atoms with E-state index >= 15 is 8.78 Å². The molecule has 0 saturated carbocycles. The number of hydrogen-bond donors (Lipinski definition) is 2. The molecule has 5 rings (SSSR count). The molecule has 0 bridgehead atoms. The van der Waals surface area contributed by atoms with Gasteiger partial charge in [0.25, 0.3) is 5.91 Å². The molecule has 2 fully saturated rings. The van der Waals surface area contributed by atoms with Gasteiger partial charge < -0.3 is 29.4 Å². The second-order valence-electron chi connectivity index (χ2n) is 12.0. The fourth-order valence-electron chi connectivity index (χ4n) is 5.37. The summed E-state index contributed by atoms with van der Waals surface area (Å²) in [5, 5.41) is 12.7. The molecule has 2 atom stereocenters. The predicted octanol–water partition coefficient (Wildman–Crippen LogP) is 4.01. The van der Waals surface area contributed by atoms with Crippen LogP contribution in [0.4, 0.5) is 27.6 Å². The van der Waals surface area contributed by atoms with Crippen LogP contribution in [0.15, 0.2) is 42.6 Å². The number of rotatable bonds is 7. The van der Waals surface area contributed by atoms with Crippen LogP contribution in [0, 0.1) is 11.6 Å². The van der Waals surface area contributed by atoms with Crippen molar-refractivity contribution in [3.8, 4) is 0 Å². The number of aliphatic carboxylic acids is 1. The van der Waals surface area contributed by atoms with Gasteiger partial charge in [0.15, 0.2) is 0 Å². The third-order valence-electron chi connectivity index (χ3n) is 8.51. The number of carboxylic acids is 1. The summed E-state index contributed by atoms with van der Waals surface area (Å²) in [4.78, 5) is 30.4. The average Bonchev–Trinajstić information content (AvgIpc) is 3.17. The first kappa shape index (κ1) is 32.6. The monoisotopic (exact) mass is 635 g/mol. The highest BCUT2D eigenvalue weighted by atomic mass is 19.4. The zero-order valence-electron chi connectivity index (χ0n) is 24.9. The molecule has 1 amide bonds. The van der Waals surface area contributed by atoms with Gasteiger partial charge in [0.2, 0.25) is 0 Å². The zero-order valence-corrected chi connectivity index (χ0v) is 24.9. The highest BCUT2D eigenvalue weighted by Gasteiger charge is 2.52. The first-order valence-electron chi connectivity index (χ1n) is 14.2. The van der Waals surface area contributed by atoms with Crippen LogP contribution >= 0.6 is 0 Å². The summed E-state index contributed by atoms with van der Waals surface area (Å²) < 4.78 is 87.9. The van der Waals surface area contributed by atoms with Crippen LogP contribution in [0.1, 0.15) is 43.6 Å². The SMILES string of the molecule is CC1(C)OB(c2ccc(CC(NC(=O)c3c(F)cc(N4CCOC[C@@H]4C(F)(F)F)cc3F)C(=O)O)c3ncccc23)OC1(C)C. The number of fused-ring (bicyclic) bond motifs is 1. The smallest absolute Gasteiger partial charge is 0.480 e. The Bertz CT molecular complexity index is 1600. The summed E-state index contributed by atoms with van der Waals surface area (Å²) in [7, 11) is -0.733. The molecule has 3 aromatic rings. The normalized spacial score (nSPS) is 20.3. The number of halogens is 5. The van der Waals surface area contributed by atoms with Crippen molar-refractivity contribution in [1.29, 1.82) is 0 Å². The van der Waals surface area contributed by atoms with E-state index in [4.69, 9.17) is 14.0 Å². The first-order valence-corrected chi connectivity index (χ1v) is 14.2. The minimum absolute atomic E-state index is 0.0977. The van der Waals surface area contributed by atoms with Gasteiger partial charge in [-0.1, -0.05) is 18.2 Å². The number of aromatic nitrogens is 1. The highest BCUT2D eigenvalue weighted by molar-refractivity contribution is 6.65. The first-order chi connectivity index (χ1) is 21.0. The summed E-state index contributed by atoms with van der Waals surface area (Å²) >= 11 is 0. The number of anilines is 1. The minimum Gasteiger partial charge on any atom is -0.480 e. The van der Waals surface area contributed by atoms with Gasteiger partial charge in [0, 0.05) is 30.2 Å². The minimum atomic E-state index is -4.74. The molecular weight excluding hydrogens is 604 g/mol. The van der Waals surface area contributed by atoms with Crippen molar-refractivity contribution in [1.82, 2.24) is 10.3 Å². The maximum atomic E-state index is 15.1. The highest BCUT2D eigenvalue weighted by Crippen LogP contribution is 2.37. The number of nitrogens with one attached hydrogen (secondary N) is 1. The molecule has 1 unspecified atom stereocenters. The Labute approximate surface area is 255 Å². The summed E-state index contributed by atoms with van der Waals surface area (Å²) in [6, 6.07) is 4.24. The number of morpholine rings is 1. The van der Waals surface area contributed by atoms with E-state index in [1.807, 2.05) is 27.7 Å². The molecule has 2 aliphatic rings. The molecule has 2 N–H and O–H groups in total. The van der Waals surface area contributed by atoms with Gasteiger partial charge in [-0.25, -0.2) is 13.6 Å². The van der Waals surface area contributed by atoms with Crippen LogP contribution in [0.5, 0.6) is 0 Å². The number of pyridine rings is 1. The van der Waals surface area contributed by atoms with E-state index in [1.54, 1.807) is 24.3 Å². The second-order valence-corrected chi connectivity index (χ2v) is 12.0. The average molecular weight is 635 g/mol. The number of nitrogens with zero attached hydrogens (tertiary/aromatic N) is 2. The summed E-state index contributed by atoms with van der Waals surface area (Å²) in [6.07, 6.45) is -3.53. The van der Waals surface area contributed by atoms with E-state index in [0.29, 0.717) is 34.1 Å². The van der Waals surface area contributed by atoms with Crippen molar-refractivity contribution < 1.29 is 50.7 Å². The molecule has 240 valence electrons. The van der Waals surface area contributed by atoms with E-state index in [9.17, 15) is 27.9 Å². The lowest BCUT2D eigenvalue weighted by molar-refractivity contribution is -0.167. The number of benzene rings is 2. The standard InChI is InChI=1S/C30H31BF5N3O6/c1-28(2)29(3,4)45-31(44-28)19-8-7-16(25-18(19)6-5-9-37-25)12-22(27(41)42)38-26(40)24-20(32)13-17(14-21(24)33)39-10-11-43-15-23(39)30(34,35)36/h5-9,13-14,22-23H,10-12,15H2,1-4H3,(H,38,40)(H,41,42)/t22?,23-/m1/s1. The van der Waals surface area contributed by atoms with Crippen molar-refractivity contribution in [2.24, 2.45) is 0 Å². The number of amides is 1. The maximum Gasteiger partial charge on any atom is 0.495 e. The van der Waals surface area contributed by atoms with Gasteiger partial charge in [-0.2, -0.15) is 13.2 Å². The molecule has 0 radical (unpaired) electrons. The number of ether oxygens (including phenoxy) is 1. The van der Waals surface area contributed by atoms with E-state index in [2.05, 4.69) is 10.3 Å². The molecule has 9 nitrogen and oxygen atoms in total. The lowest BCUT2D eigenvalue weighted by atomic mass is 9.76. The van der Waals surface area contributed by atoms with Crippen molar-refractivity contribution in [3.63, 3.8) is 0 Å². The molecule has 3 heterocycles. The Morgan fingerprint density at radius 3 is 2.36 bits per heavy atom. The van der Waals surface area contributed by atoms with Crippen LogP contribution in [0.25, 0.3) is 10.9 Å². The summed E-state index contributed by atoms with van der Waals surface area (Å²) in [5.74, 6) is -5.76. The lowest BCUT2D eigenvalue weighted by Gasteiger charge is -2.38. The van der Waals surface area contributed by atoms with Crippen molar-refractivity contribution in [2.45, 2.75) is 63.6 Å². The van der Waals surface area contributed by atoms with Crippen molar-refractivity contribution in [2.75, 3.05) is 24.7 Å².